The largest absolute Gasteiger partial charge is 0.330 e. The van der Waals surface area contributed by atoms with Crippen molar-refractivity contribution in [2.45, 2.75) is 52.4 Å². The van der Waals surface area contributed by atoms with Crippen LogP contribution in [0.25, 0.3) is 0 Å². The van der Waals surface area contributed by atoms with E-state index in [0.717, 1.165) is 13.0 Å². The summed E-state index contributed by atoms with van der Waals surface area (Å²) >= 11 is 0. The molecule has 0 spiro atoms. The molecule has 1 aliphatic carbocycles. The van der Waals surface area contributed by atoms with E-state index in [9.17, 15) is 0 Å². The number of hydrogen-bond donors (Lipinski definition) is 1. The third kappa shape index (κ3) is 3.32. The Kier molecular flexibility index (Phi) is 3.88. The fraction of sp³-hybridized carbons (Fsp3) is 0.625. The van der Waals surface area contributed by atoms with E-state index < -0.39 is 0 Å². The average molecular weight is 231 g/mol. The lowest BCUT2D eigenvalue weighted by Crippen LogP contribution is -2.24. The van der Waals surface area contributed by atoms with Gasteiger partial charge in [0.15, 0.2) is 0 Å². The van der Waals surface area contributed by atoms with Crippen LogP contribution in [0.1, 0.15) is 49.8 Å². The summed E-state index contributed by atoms with van der Waals surface area (Å²) in [7, 11) is 0. The minimum atomic E-state index is 0.274. The molecule has 17 heavy (non-hydrogen) atoms. The zero-order chi connectivity index (χ0) is 12.3. The second-order valence-electron chi connectivity index (χ2n) is 6.18. The summed E-state index contributed by atoms with van der Waals surface area (Å²) < 4.78 is 0. The zero-order valence-electron chi connectivity index (χ0n) is 11.3. The second kappa shape index (κ2) is 5.22. The highest BCUT2D eigenvalue weighted by Crippen LogP contribution is 2.25. The van der Waals surface area contributed by atoms with E-state index in [2.05, 4.69) is 32.0 Å². The summed E-state index contributed by atoms with van der Waals surface area (Å²) in [4.78, 5) is 0. The molecule has 0 bridgehead atoms. The van der Waals surface area contributed by atoms with Crippen LogP contribution in [0.4, 0.5) is 0 Å². The summed E-state index contributed by atoms with van der Waals surface area (Å²) in [5.41, 5.74) is 10.7. The smallest absolute Gasteiger partial charge is 0.00257 e. The van der Waals surface area contributed by atoms with E-state index >= 15 is 0 Å². The van der Waals surface area contributed by atoms with Gasteiger partial charge in [0.05, 0.1) is 0 Å². The number of nitrogens with two attached hydrogens (primary N) is 1. The molecule has 0 radical (unpaired) electrons. The van der Waals surface area contributed by atoms with Gasteiger partial charge in [-0.3, -0.25) is 0 Å². The predicted octanol–water partition coefficient (Wildman–Crippen LogP) is 3.48. The fourth-order valence-corrected chi connectivity index (χ4v) is 2.53. The SMILES string of the molecule is CC(C)(CN)CCc1ccc2c(c1)CCCC2. The predicted molar refractivity (Wildman–Crippen MR) is 74.2 cm³/mol. The van der Waals surface area contributed by atoms with Gasteiger partial charge in [0.2, 0.25) is 0 Å². The quantitative estimate of drug-likeness (QED) is 0.843. The number of fused-ring (bicyclic) bond motifs is 1. The Morgan fingerprint density at radius 1 is 1.12 bits per heavy atom. The van der Waals surface area contributed by atoms with Gasteiger partial charge in [0, 0.05) is 0 Å². The summed E-state index contributed by atoms with van der Waals surface area (Å²) in [6, 6.07) is 7.09. The van der Waals surface area contributed by atoms with Crippen LogP contribution in [0.3, 0.4) is 0 Å². The van der Waals surface area contributed by atoms with E-state index in [1.54, 1.807) is 11.1 Å². The molecule has 0 saturated heterocycles. The number of aryl methyl sites for hydroxylation is 3. The molecule has 0 aromatic heterocycles. The first kappa shape index (κ1) is 12.6. The highest BCUT2D eigenvalue weighted by molar-refractivity contribution is 5.33. The summed E-state index contributed by atoms with van der Waals surface area (Å²) in [5, 5.41) is 0. The Hall–Kier alpha value is -0.820. The van der Waals surface area contributed by atoms with Crippen LogP contribution in [0.5, 0.6) is 0 Å². The summed E-state index contributed by atoms with van der Waals surface area (Å²) in [6.45, 7) is 5.29. The van der Waals surface area contributed by atoms with Crippen molar-refractivity contribution < 1.29 is 0 Å². The molecule has 1 heteroatoms. The molecule has 1 aromatic rings. The van der Waals surface area contributed by atoms with E-state index in [1.807, 2.05) is 0 Å². The molecule has 0 atom stereocenters. The fourth-order valence-electron chi connectivity index (χ4n) is 2.53. The van der Waals surface area contributed by atoms with E-state index in [-0.39, 0.29) is 5.41 Å². The molecular formula is C16H25N. The van der Waals surface area contributed by atoms with Gasteiger partial charge in [-0.2, -0.15) is 0 Å². The van der Waals surface area contributed by atoms with Gasteiger partial charge in [-0.1, -0.05) is 32.0 Å². The molecule has 0 amide bonds. The van der Waals surface area contributed by atoms with Gasteiger partial charge >= 0.3 is 0 Å². The van der Waals surface area contributed by atoms with E-state index in [1.165, 1.54) is 37.7 Å². The standard InChI is InChI=1S/C16H25N/c1-16(2,12-17)10-9-13-7-8-14-5-3-4-6-15(14)11-13/h7-8,11H,3-6,9-10,12,17H2,1-2H3. The van der Waals surface area contributed by atoms with Crippen molar-refractivity contribution in [3.8, 4) is 0 Å². The third-order valence-corrected chi connectivity index (χ3v) is 4.06. The topological polar surface area (TPSA) is 26.0 Å². The Morgan fingerprint density at radius 2 is 1.82 bits per heavy atom. The highest BCUT2D eigenvalue weighted by atomic mass is 14.6. The maximum atomic E-state index is 5.78. The number of hydrogen-bond acceptors (Lipinski definition) is 1. The molecule has 0 saturated carbocycles. The van der Waals surface area contributed by atoms with Crippen molar-refractivity contribution in [3.05, 3.63) is 34.9 Å². The monoisotopic (exact) mass is 231 g/mol. The Labute approximate surface area is 105 Å². The molecule has 0 aliphatic heterocycles. The molecule has 0 unspecified atom stereocenters. The molecule has 2 rings (SSSR count). The lowest BCUT2D eigenvalue weighted by molar-refractivity contribution is 0.348. The lowest BCUT2D eigenvalue weighted by atomic mass is 9.85. The van der Waals surface area contributed by atoms with Crippen LogP contribution in [-0.2, 0) is 19.3 Å². The van der Waals surface area contributed by atoms with Crippen LogP contribution in [-0.4, -0.2) is 6.54 Å². The van der Waals surface area contributed by atoms with Gasteiger partial charge in [-0.05, 0) is 67.2 Å². The molecule has 94 valence electrons. The third-order valence-electron chi connectivity index (χ3n) is 4.06. The van der Waals surface area contributed by atoms with Gasteiger partial charge in [-0.15, -0.1) is 0 Å². The molecule has 0 heterocycles. The minimum absolute atomic E-state index is 0.274. The van der Waals surface area contributed by atoms with Crippen molar-refractivity contribution >= 4 is 0 Å². The lowest BCUT2D eigenvalue weighted by Gasteiger charge is -2.23. The van der Waals surface area contributed by atoms with Crippen LogP contribution < -0.4 is 5.73 Å². The van der Waals surface area contributed by atoms with E-state index in [4.69, 9.17) is 5.73 Å². The van der Waals surface area contributed by atoms with Gasteiger partial charge in [0.25, 0.3) is 0 Å². The van der Waals surface area contributed by atoms with Gasteiger partial charge in [-0.25, -0.2) is 0 Å². The van der Waals surface area contributed by atoms with Crippen molar-refractivity contribution in [3.63, 3.8) is 0 Å². The normalized spacial score (nSPS) is 15.7. The Bertz CT molecular complexity index is 379. The summed E-state index contributed by atoms with van der Waals surface area (Å²) in [5.74, 6) is 0. The second-order valence-corrected chi connectivity index (χ2v) is 6.18. The molecule has 1 aromatic carbocycles. The number of benzene rings is 1. The molecule has 1 nitrogen and oxygen atoms in total. The van der Waals surface area contributed by atoms with Gasteiger partial charge in [0.1, 0.15) is 0 Å². The van der Waals surface area contributed by atoms with E-state index in [0.29, 0.717) is 0 Å². The first-order valence-corrected chi connectivity index (χ1v) is 6.91. The maximum absolute atomic E-state index is 5.78. The summed E-state index contributed by atoms with van der Waals surface area (Å²) in [6.07, 6.45) is 7.64. The van der Waals surface area contributed by atoms with Crippen molar-refractivity contribution in [2.24, 2.45) is 11.1 Å². The van der Waals surface area contributed by atoms with Crippen molar-refractivity contribution in [1.82, 2.24) is 0 Å². The Balaban J connectivity index is 2.02. The first-order valence-electron chi connectivity index (χ1n) is 6.91. The van der Waals surface area contributed by atoms with Crippen molar-refractivity contribution in [1.29, 1.82) is 0 Å². The maximum Gasteiger partial charge on any atom is -0.00257 e. The Morgan fingerprint density at radius 3 is 2.53 bits per heavy atom. The minimum Gasteiger partial charge on any atom is -0.330 e. The van der Waals surface area contributed by atoms with Crippen LogP contribution >= 0.6 is 0 Å². The highest BCUT2D eigenvalue weighted by Gasteiger charge is 2.16. The molecule has 2 N–H and O–H groups in total. The van der Waals surface area contributed by atoms with Crippen LogP contribution in [0, 0.1) is 5.41 Å². The number of rotatable bonds is 4. The van der Waals surface area contributed by atoms with Crippen molar-refractivity contribution in [2.75, 3.05) is 6.54 Å². The zero-order valence-corrected chi connectivity index (χ0v) is 11.3. The molecule has 0 fully saturated rings. The average Bonchev–Trinajstić information content (AvgIpc) is 2.36. The molecular weight excluding hydrogens is 206 g/mol. The molecule has 1 aliphatic rings. The first-order chi connectivity index (χ1) is 8.11. The van der Waals surface area contributed by atoms with Gasteiger partial charge < -0.3 is 5.73 Å². The van der Waals surface area contributed by atoms with Crippen LogP contribution in [0.2, 0.25) is 0 Å². The van der Waals surface area contributed by atoms with Crippen LogP contribution in [0.15, 0.2) is 18.2 Å².